The van der Waals surface area contributed by atoms with Crippen LogP contribution in [-0.2, 0) is 16.6 Å². The number of methoxy groups -OCH3 is 1. The van der Waals surface area contributed by atoms with E-state index in [1.54, 1.807) is 22.6 Å². The van der Waals surface area contributed by atoms with Gasteiger partial charge in [-0.25, -0.2) is 4.68 Å². The normalized spacial score (nSPS) is 21.0. The molecule has 32 heavy (non-hydrogen) atoms. The number of hydrogen-bond acceptors (Lipinski definition) is 7. The molecule has 1 fully saturated rings. The Morgan fingerprint density at radius 1 is 1.34 bits per heavy atom. The monoisotopic (exact) mass is 446 g/mol. The fourth-order valence-corrected chi connectivity index (χ4v) is 4.50. The minimum Gasteiger partial charge on any atom is -0.483 e. The van der Waals surface area contributed by atoms with Crippen molar-refractivity contribution in [3.05, 3.63) is 40.1 Å². The Morgan fingerprint density at radius 2 is 2.06 bits per heavy atom. The van der Waals surface area contributed by atoms with E-state index in [2.05, 4.69) is 15.4 Å². The molecule has 0 radical (unpaired) electrons. The topological polar surface area (TPSA) is 149 Å². The highest BCUT2D eigenvalue weighted by atomic mass is 16.5. The molecule has 2 aromatic rings. The third-order valence-electron chi connectivity index (χ3n) is 5.74. The van der Waals surface area contributed by atoms with E-state index in [4.69, 9.17) is 14.6 Å². The van der Waals surface area contributed by atoms with Gasteiger partial charge in [0.2, 0.25) is 11.7 Å². The predicted octanol–water partition coefficient (Wildman–Crippen LogP) is -0.377. The smallest absolute Gasteiger partial charge is 0.314 e. The molecular formula is C20H26N6O6. The van der Waals surface area contributed by atoms with E-state index in [1.165, 1.54) is 24.8 Å². The quantitative estimate of drug-likeness (QED) is 0.604. The lowest BCUT2D eigenvalue weighted by atomic mass is 9.78. The van der Waals surface area contributed by atoms with Gasteiger partial charge in [-0.2, -0.15) is 4.98 Å². The summed E-state index contributed by atoms with van der Waals surface area (Å²) in [6, 6.07) is 5.28. The molecule has 172 valence electrons. The summed E-state index contributed by atoms with van der Waals surface area (Å²) in [4.78, 5) is 51.4. The lowest BCUT2D eigenvalue weighted by Gasteiger charge is -2.46. The molecule has 0 aliphatic carbocycles. The maximum Gasteiger partial charge on any atom is 0.314 e. The molecule has 2 amide bonds. The third-order valence-corrected chi connectivity index (χ3v) is 5.74. The Kier molecular flexibility index (Phi) is 6.91. The minimum atomic E-state index is -0.261. The summed E-state index contributed by atoms with van der Waals surface area (Å²) in [6.07, 6.45) is 0.858. The first-order valence-corrected chi connectivity index (χ1v) is 10.1. The number of fused-ring (bicyclic) bond motifs is 4. The second kappa shape index (κ2) is 9.62. The number of ether oxygens (including phenoxy) is 1. The van der Waals surface area contributed by atoms with Crippen LogP contribution in [0.2, 0.25) is 0 Å². The first-order chi connectivity index (χ1) is 15.3. The zero-order valence-corrected chi connectivity index (χ0v) is 18.1. The van der Waals surface area contributed by atoms with Crippen molar-refractivity contribution in [1.82, 2.24) is 29.5 Å². The number of pyridine rings is 1. The predicted molar refractivity (Wildman–Crippen MR) is 111 cm³/mol. The van der Waals surface area contributed by atoms with Crippen LogP contribution in [0.25, 0.3) is 0 Å². The highest BCUT2D eigenvalue weighted by molar-refractivity contribution is 5.90. The van der Waals surface area contributed by atoms with Gasteiger partial charge in [-0.3, -0.25) is 19.2 Å². The Bertz CT molecular complexity index is 1060. The molecule has 3 atom stereocenters. The number of hydrogen-bond donors (Lipinski definition) is 2. The average Bonchev–Trinajstić information content (AvgIpc) is 3.14. The van der Waals surface area contributed by atoms with Crippen molar-refractivity contribution >= 4 is 18.3 Å². The van der Waals surface area contributed by atoms with Crippen LogP contribution in [0, 0.1) is 5.92 Å². The van der Waals surface area contributed by atoms with Gasteiger partial charge in [-0.15, -0.1) is 5.10 Å². The van der Waals surface area contributed by atoms with Crippen molar-refractivity contribution < 1.29 is 24.2 Å². The van der Waals surface area contributed by atoms with Crippen molar-refractivity contribution in [2.24, 2.45) is 13.0 Å². The van der Waals surface area contributed by atoms with E-state index in [0.717, 1.165) is 12.1 Å². The molecule has 4 rings (SSSR count). The zero-order chi connectivity index (χ0) is 23.4. The molecule has 0 saturated carbocycles. The number of likely N-dealkylation sites (tertiary alicyclic amines) is 1. The van der Waals surface area contributed by atoms with Crippen molar-refractivity contribution in [3.8, 4) is 6.01 Å². The Balaban J connectivity index is 0.000000913. The van der Waals surface area contributed by atoms with E-state index >= 15 is 0 Å². The van der Waals surface area contributed by atoms with Gasteiger partial charge in [0.15, 0.2) is 0 Å². The van der Waals surface area contributed by atoms with Crippen molar-refractivity contribution in [1.29, 1.82) is 0 Å². The van der Waals surface area contributed by atoms with Crippen LogP contribution in [0.3, 0.4) is 0 Å². The van der Waals surface area contributed by atoms with Gasteiger partial charge in [-0.05, 0) is 18.4 Å². The molecule has 12 nitrogen and oxygen atoms in total. The van der Waals surface area contributed by atoms with Crippen LogP contribution in [0.15, 0.2) is 23.0 Å². The number of nitrogens with zero attached hydrogens (tertiary/aromatic N) is 5. The molecule has 12 heteroatoms. The molecule has 1 saturated heterocycles. The van der Waals surface area contributed by atoms with Gasteiger partial charge in [-0.1, -0.05) is 6.07 Å². The molecule has 2 aliphatic rings. The number of amides is 2. The maximum absolute atomic E-state index is 13.1. The lowest BCUT2D eigenvalue weighted by Crippen LogP contribution is -2.53. The minimum absolute atomic E-state index is 0.0442. The molecule has 4 heterocycles. The molecule has 2 aromatic heterocycles. The third kappa shape index (κ3) is 4.48. The molecular weight excluding hydrogens is 420 g/mol. The Labute approximate surface area is 183 Å². The number of rotatable bonds is 4. The first-order valence-electron chi connectivity index (χ1n) is 10.1. The van der Waals surface area contributed by atoms with Crippen molar-refractivity contribution in [2.45, 2.75) is 25.3 Å². The number of carbonyl (C=O) groups excluding carboxylic acids is 2. The van der Waals surface area contributed by atoms with Crippen LogP contribution in [0.5, 0.6) is 6.01 Å². The number of carbonyl (C=O) groups is 3. The summed E-state index contributed by atoms with van der Waals surface area (Å²) in [5, 5.41) is 13.9. The van der Waals surface area contributed by atoms with E-state index in [0.29, 0.717) is 19.6 Å². The van der Waals surface area contributed by atoms with Gasteiger partial charge >= 0.3 is 6.01 Å². The summed E-state index contributed by atoms with van der Waals surface area (Å²) in [5.41, 5.74) is 0.816. The van der Waals surface area contributed by atoms with Gasteiger partial charge in [0.25, 0.3) is 17.9 Å². The largest absolute Gasteiger partial charge is 0.483 e. The standard InChI is InChI=1S/C19H24N6O4.CH2O2/c1-11(26)20-8-15-13-7-12(14-5-4-6-16(27)25(14)15)9-24(10-13)18(28)17-21-19(29-3)23(2)22-17;2-1-3/h4-6,12-13,15H,7-10H2,1-3H3,(H,20,26);1H,(H,2,3)/t12-,13+,15+;/m1./s1. The van der Waals surface area contributed by atoms with E-state index in [-0.39, 0.29) is 53.6 Å². The van der Waals surface area contributed by atoms with E-state index < -0.39 is 0 Å². The molecule has 2 bridgehead atoms. The fraction of sp³-hybridized carbons (Fsp3) is 0.500. The van der Waals surface area contributed by atoms with Crippen LogP contribution in [0.4, 0.5) is 0 Å². The Hall–Kier alpha value is -3.70. The van der Waals surface area contributed by atoms with Crippen LogP contribution < -0.4 is 15.6 Å². The van der Waals surface area contributed by atoms with Crippen LogP contribution in [-0.4, -0.2) is 74.4 Å². The lowest BCUT2D eigenvalue weighted by molar-refractivity contribution is -0.123. The second-order valence-corrected chi connectivity index (χ2v) is 7.72. The number of carboxylic acid groups (broad SMARTS) is 1. The van der Waals surface area contributed by atoms with Gasteiger partial charge in [0, 0.05) is 51.3 Å². The SMILES string of the molecule is COc1nc(C(=O)N2C[C@H]3C[C@@H](C2)[C@H](CNC(C)=O)n2c3cccc2=O)nn1C.O=CO. The van der Waals surface area contributed by atoms with Crippen molar-refractivity contribution in [3.63, 3.8) is 0 Å². The molecule has 2 N–H and O–H groups in total. The highest BCUT2D eigenvalue weighted by Gasteiger charge is 2.42. The van der Waals surface area contributed by atoms with Gasteiger partial charge < -0.3 is 24.6 Å². The van der Waals surface area contributed by atoms with Gasteiger partial charge in [0.05, 0.1) is 13.2 Å². The molecule has 0 aromatic carbocycles. The Morgan fingerprint density at radius 3 is 2.69 bits per heavy atom. The fourth-order valence-electron chi connectivity index (χ4n) is 4.50. The molecule has 0 spiro atoms. The number of aryl methyl sites for hydroxylation is 1. The second-order valence-electron chi connectivity index (χ2n) is 7.72. The van der Waals surface area contributed by atoms with E-state index in [9.17, 15) is 14.4 Å². The summed E-state index contributed by atoms with van der Waals surface area (Å²) in [5.74, 6) is -0.225. The molecule has 0 unspecified atom stereocenters. The highest BCUT2D eigenvalue weighted by Crippen LogP contribution is 2.41. The summed E-state index contributed by atoms with van der Waals surface area (Å²) in [7, 11) is 3.14. The average molecular weight is 446 g/mol. The number of piperidine rings is 1. The first kappa shape index (κ1) is 23.0. The van der Waals surface area contributed by atoms with Crippen molar-refractivity contribution in [2.75, 3.05) is 26.7 Å². The number of aromatic nitrogens is 4. The van der Waals surface area contributed by atoms with Crippen LogP contribution in [0.1, 0.15) is 41.6 Å². The number of nitrogens with one attached hydrogen (secondary N) is 1. The van der Waals surface area contributed by atoms with Gasteiger partial charge in [0.1, 0.15) is 0 Å². The van der Waals surface area contributed by atoms with E-state index in [1.807, 2.05) is 6.07 Å². The summed E-state index contributed by atoms with van der Waals surface area (Å²) >= 11 is 0. The maximum atomic E-state index is 13.1. The van der Waals surface area contributed by atoms with Crippen LogP contribution >= 0.6 is 0 Å². The summed E-state index contributed by atoms with van der Waals surface area (Å²) in [6.45, 7) is 2.52. The zero-order valence-electron chi connectivity index (χ0n) is 18.1. The molecule has 2 aliphatic heterocycles. The summed E-state index contributed by atoms with van der Waals surface area (Å²) < 4.78 is 8.32.